The van der Waals surface area contributed by atoms with Gasteiger partial charge in [-0.1, -0.05) is 12.1 Å². The summed E-state index contributed by atoms with van der Waals surface area (Å²) < 4.78 is 25.0. The minimum Gasteiger partial charge on any atom is -0.508 e. The van der Waals surface area contributed by atoms with Crippen LogP contribution in [0.5, 0.6) is 5.75 Å². The van der Waals surface area contributed by atoms with Crippen LogP contribution in [-0.4, -0.2) is 53.2 Å². The number of rotatable bonds is 4. The summed E-state index contributed by atoms with van der Waals surface area (Å²) in [5.74, 6) is 0.138. The average Bonchev–Trinajstić information content (AvgIpc) is 3.59. The van der Waals surface area contributed by atoms with Crippen LogP contribution in [0.2, 0.25) is 0 Å². The van der Waals surface area contributed by atoms with Crippen molar-refractivity contribution in [2.45, 2.75) is 46.4 Å². The number of aromatic hydroxyl groups is 1. The summed E-state index contributed by atoms with van der Waals surface area (Å²) in [6, 6.07) is 14.5. The van der Waals surface area contributed by atoms with E-state index in [1.165, 1.54) is 0 Å². The van der Waals surface area contributed by atoms with E-state index in [1.807, 2.05) is 32.9 Å². The van der Waals surface area contributed by atoms with Crippen molar-refractivity contribution in [3.8, 4) is 5.75 Å². The highest BCUT2D eigenvalue weighted by Crippen LogP contribution is 2.22. The van der Waals surface area contributed by atoms with Crippen molar-refractivity contribution in [3.05, 3.63) is 85.9 Å². The van der Waals surface area contributed by atoms with Crippen LogP contribution in [0.25, 0.3) is 21.8 Å². The third-order valence-corrected chi connectivity index (χ3v) is 6.82. The first-order valence-corrected chi connectivity index (χ1v) is 12.7. The Balaban J connectivity index is 0.000000155. The van der Waals surface area contributed by atoms with Crippen LogP contribution >= 0.6 is 0 Å². The van der Waals surface area contributed by atoms with Crippen molar-refractivity contribution in [3.63, 3.8) is 0 Å². The van der Waals surface area contributed by atoms with Gasteiger partial charge in [0.15, 0.2) is 12.6 Å². The molecule has 0 amide bonds. The van der Waals surface area contributed by atoms with Crippen molar-refractivity contribution < 1.29 is 24.1 Å². The topological polar surface area (TPSA) is 101 Å². The lowest BCUT2D eigenvalue weighted by atomic mass is 10.1. The Kier molecular flexibility index (Phi) is 7.62. The van der Waals surface area contributed by atoms with Crippen LogP contribution in [0.3, 0.4) is 0 Å². The molecule has 0 spiro atoms. The Morgan fingerprint density at radius 1 is 0.684 bits per heavy atom. The molecule has 0 aliphatic carbocycles. The van der Waals surface area contributed by atoms with Gasteiger partial charge < -0.3 is 33.2 Å². The zero-order valence-electron chi connectivity index (χ0n) is 21.8. The number of aromatic nitrogens is 2. The van der Waals surface area contributed by atoms with Gasteiger partial charge in [0, 0.05) is 29.0 Å². The number of hydrogen-bond acceptors (Lipinski definition) is 7. The van der Waals surface area contributed by atoms with Gasteiger partial charge in [0.05, 0.1) is 50.6 Å². The zero-order chi connectivity index (χ0) is 26.8. The van der Waals surface area contributed by atoms with E-state index in [-0.39, 0.29) is 23.2 Å². The maximum Gasteiger partial charge on any atom is 0.251 e. The number of ether oxygens (including phenoxy) is 4. The monoisotopic (exact) mass is 520 g/mol. The van der Waals surface area contributed by atoms with Gasteiger partial charge in [0.1, 0.15) is 5.75 Å². The largest absolute Gasteiger partial charge is 0.508 e. The molecule has 0 radical (unpaired) electrons. The molecular formula is C29H32N2O7. The number of phenolic OH excluding ortho intramolecular Hbond substituents is 1. The Morgan fingerprint density at radius 3 is 1.63 bits per heavy atom. The molecule has 4 aromatic rings. The van der Waals surface area contributed by atoms with Gasteiger partial charge in [-0.15, -0.1) is 0 Å². The third kappa shape index (κ3) is 5.51. The second-order valence-electron chi connectivity index (χ2n) is 9.62. The molecule has 2 saturated heterocycles. The fourth-order valence-corrected chi connectivity index (χ4v) is 4.89. The molecule has 0 saturated carbocycles. The van der Waals surface area contributed by atoms with Gasteiger partial charge in [0.2, 0.25) is 0 Å². The second-order valence-corrected chi connectivity index (χ2v) is 9.62. The molecule has 9 nitrogen and oxygen atoms in total. The number of benzene rings is 2. The Bertz CT molecular complexity index is 1460. The molecule has 2 aromatic heterocycles. The summed E-state index contributed by atoms with van der Waals surface area (Å²) >= 11 is 0. The molecule has 2 fully saturated rings. The number of nitrogens with zero attached hydrogens (tertiary/aromatic N) is 2. The van der Waals surface area contributed by atoms with E-state index in [2.05, 4.69) is 12.1 Å². The summed E-state index contributed by atoms with van der Waals surface area (Å²) in [5.41, 5.74) is 4.56. The van der Waals surface area contributed by atoms with E-state index < -0.39 is 6.29 Å². The molecule has 0 atom stereocenters. The van der Waals surface area contributed by atoms with Crippen LogP contribution in [0.4, 0.5) is 0 Å². The molecule has 38 heavy (non-hydrogen) atoms. The van der Waals surface area contributed by atoms with Crippen LogP contribution in [0, 0.1) is 20.8 Å². The molecule has 200 valence electrons. The first kappa shape index (κ1) is 26.1. The lowest BCUT2D eigenvalue weighted by molar-refractivity contribution is -0.0525. The van der Waals surface area contributed by atoms with Gasteiger partial charge in [0.25, 0.3) is 11.1 Å². The predicted octanol–water partition coefficient (Wildman–Crippen LogP) is 3.38. The quantitative estimate of drug-likeness (QED) is 0.440. The summed E-state index contributed by atoms with van der Waals surface area (Å²) in [7, 11) is 0. The summed E-state index contributed by atoms with van der Waals surface area (Å²) in [5, 5.41) is 11.7. The van der Waals surface area contributed by atoms with Crippen molar-refractivity contribution >= 4 is 21.8 Å². The maximum absolute atomic E-state index is 12.2. The highest BCUT2D eigenvalue weighted by molar-refractivity contribution is 5.84. The van der Waals surface area contributed by atoms with Gasteiger partial charge in [-0.2, -0.15) is 0 Å². The number of fused-ring (bicyclic) bond motifs is 2. The molecule has 2 aliphatic heterocycles. The number of phenols is 1. The average molecular weight is 521 g/mol. The van der Waals surface area contributed by atoms with Crippen molar-refractivity contribution in [2.24, 2.45) is 0 Å². The van der Waals surface area contributed by atoms with Crippen LogP contribution < -0.4 is 11.1 Å². The van der Waals surface area contributed by atoms with Gasteiger partial charge in [-0.25, -0.2) is 0 Å². The first-order valence-electron chi connectivity index (χ1n) is 12.7. The van der Waals surface area contributed by atoms with Crippen molar-refractivity contribution in [1.29, 1.82) is 0 Å². The highest BCUT2D eigenvalue weighted by atomic mass is 16.7. The molecule has 0 bridgehead atoms. The van der Waals surface area contributed by atoms with Crippen LogP contribution in [-0.2, 0) is 32.0 Å². The molecule has 2 aromatic carbocycles. The normalized spacial score (nSPS) is 16.3. The second kappa shape index (κ2) is 11.1. The first-order chi connectivity index (χ1) is 18.3. The Hall–Kier alpha value is -3.50. The van der Waals surface area contributed by atoms with Gasteiger partial charge in [-0.05, 0) is 55.7 Å². The van der Waals surface area contributed by atoms with E-state index in [1.54, 1.807) is 33.4 Å². The molecule has 0 unspecified atom stereocenters. The molecular weight excluding hydrogens is 488 g/mol. The minimum atomic E-state index is -0.397. The number of pyridine rings is 2. The van der Waals surface area contributed by atoms with E-state index in [0.717, 1.165) is 33.0 Å². The summed E-state index contributed by atoms with van der Waals surface area (Å²) in [4.78, 5) is 24.3. The minimum absolute atomic E-state index is 0.00491. The standard InChI is InChI=1S/C15H17NO3.C14H15NO4/c1-10-3-4-12-11(2)8-14(17)16(13(12)7-10)9-15-18-5-6-19-15;1-9-6-13(17)15(8-14-18-4-5-19-14)12-7-10(16)2-3-11(9)12/h3-4,7-8,15H,5-6,9H2,1-2H3;2-3,6-7,14,16H,4-5,8H2,1H3. The van der Waals surface area contributed by atoms with Crippen molar-refractivity contribution in [2.75, 3.05) is 26.4 Å². The van der Waals surface area contributed by atoms with E-state index in [9.17, 15) is 14.7 Å². The predicted molar refractivity (Wildman–Crippen MR) is 144 cm³/mol. The third-order valence-electron chi connectivity index (χ3n) is 6.82. The van der Waals surface area contributed by atoms with Crippen LogP contribution in [0.1, 0.15) is 16.7 Å². The lowest BCUT2D eigenvalue weighted by Gasteiger charge is -2.15. The van der Waals surface area contributed by atoms with E-state index >= 15 is 0 Å². The molecule has 1 N–H and O–H groups in total. The smallest absolute Gasteiger partial charge is 0.251 e. The molecule has 6 rings (SSSR count). The SMILES string of the molecule is Cc1cc(=O)n(CC2OCCO2)c2cc(O)ccc12.Cc1ccc2c(C)cc(=O)n(CC3OCCO3)c2c1. The van der Waals surface area contributed by atoms with Gasteiger partial charge in [-0.3, -0.25) is 9.59 Å². The van der Waals surface area contributed by atoms with E-state index in [0.29, 0.717) is 45.0 Å². The lowest BCUT2D eigenvalue weighted by Crippen LogP contribution is -2.27. The van der Waals surface area contributed by atoms with Crippen molar-refractivity contribution in [1.82, 2.24) is 9.13 Å². The summed E-state index contributed by atoms with van der Waals surface area (Å²) in [6.45, 7) is 8.95. The Labute approximate surface area is 219 Å². The fraction of sp³-hybridized carbons (Fsp3) is 0.379. The fourth-order valence-electron chi connectivity index (χ4n) is 4.89. The molecule has 9 heteroatoms. The van der Waals surface area contributed by atoms with Gasteiger partial charge >= 0.3 is 0 Å². The Morgan fingerprint density at radius 2 is 1.13 bits per heavy atom. The number of aryl methyl sites for hydroxylation is 3. The van der Waals surface area contributed by atoms with E-state index in [4.69, 9.17) is 18.9 Å². The maximum atomic E-state index is 12.2. The zero-order valence-corrected chi connectivity index (χ0v) is 21.8. The summed E-state index contributed by atoms with van der Waals surface area (Å²) in [6.07, 6.45) is -0.713. The molecule has 4 heterocycles. The van der Waals surface area contributed by atoms with Crippen LogP contribution in [0.15, 0.2) is 58.1 Å². The highest BCUT2D eigenvalue weighted by Gasteiger charge is 2.20. The number of hydrogen-bond donors (Lipinski definition) is 1. The molecule has 2 aliphatic rings.